The van der Waals surface area contributed by atoms with E-state index in [2.05, 4.69) is 179 Å². The average Bonchev–Trinajstić information content (AvgIpc) is 3.99. The second-order valence-corrected chi connectivity index (χ2v) is 15.6. The number of hydrogen-bond donors (Lipinski definition) is 0. The first-order valence-electron chi connectivity index (χ1n) is 18.7. The summed E-state index contributed by atoms with van der Waals surface area (Å²) in [5.74, 6) is 0.731. The fraction of sp³-hybridized carbons (Fsp3) is 0. The van der Waals surface area contributed by atoms with Gasteiger partial charge in [0.05, 0.1) is 43.5 Å². The first-order valence-corrected chi connectivity index (χ1v) is 19.5. The molecule has 13 aromatic rings. The van der Waals surface area contributed by atoms with Gasteiger partial charge >= 0.3 is 0 Å². The third-order valence-corrected chi connectivity index (χ3v) is 12.8. The molecule has 0 saturated heterocycles. The summed E-state index contributed by atoms with van der Waals surface area (Å²) in [7, 11) is 0. The van der Waals surface area contributed by atoms with Crippen LogP contribution in [-0.2, 0) is 0 Å². The highest BCUT2D eigenvalue weighted by Crippen LogP contribution is 2.48. The van der Waals surface area contributed by atoms with Crippen molar-refractivity contribution in [1.29, 1.82) is 0 Å². The molecule has 0 atom stereocenters. The van der Waals surface area contributed by atoms with Crippen molar-refractivity contribution in [2.45, 2.75) is 0 Å². The van der Waals surface area contributed by atoms with E-state index in [0.717, 1.165) is 38.5 Å². The fourth-order valence-electron chi connectivity index (χ4n) is 9.32. The van der Waals surface area contributed by atoms with Crippen LogP contribution in [0, 0.1) is 0 Å². The molecule has 0 aliphatic carbocycles. The van der Waals surface area contributed by atoms with Crippen LogP contribution in [0.3, 0.4) is 0 Å². The molecule has 0 aliphatic rings. The fourth-order valence-corrected chi connectivity index (χ4v) is 10.5. The van der Waals surface area contributed by atoms with Gasteiger partial charge in [-0.3, -0.25) is 0 Å². The Bertz CT molecular complexity index is 3700. The van der Waals surface area contributed by atoms with Crippen LogP contribution >= 0.6 is 11.3 Å². The predicted molar refractivity (Wildman–Crippen MR) is 232 cm³/mol. The van der Waals surface area contributed by atoms with E-state index >= 15 is 0 Å². The van der Waals surface area contributed by atoms with Gasteiger partial charge in [0.15, 0.2) is 5.82 Å². The summed E-state index contributed by atoms with van der Waals surface area (Å²) in [5.41, 5.74) is 11.3. The van der Waals surface area contributed by atoms with E-state index in [1.54, 1.807) is 11.3 Å². The van der Waals surface area contributed by atoms with Crippen LogP contribution in [-0.4, -0.2) is 18.9 Å². The first-order chi connectivity index (χ1) is 27.3. The lowest BCUT2D eigenvalue weighted by atomic mass is 9.99. The van der Waals surface area contributed by atoms with Crippen molar-refractivity contribution in [1.82, 2.24) is 18.9 Å². The second kappa shape index (κ2) is 10.8. The Morgan fingerprint density at radius 3 is 1.96 bits per heavy atom. The molecule has 0 bridgehead atoms. The lowest BCUT2D eigenvalue weighted by Crippen LogP contribution is -1.96. The zero-order valence-electron chi connectivity index (χ0n) is 29.4. The maximum absolute atomic E-state index is 5.26. The molecule has 0 saturated carbocycles. The highest BCUT2D eigenvalue weighted by Gasteiger charge is 2.25. The Kier molecular flexibility index (Phi) is 5.74. The lowest BCUT2D eigenvalue weighted by Gasteiger charge is -2.11. The van der Waals surface area contributed by atoms with Crippen LogP contribution in [0.4, 0.5) is 0 Å². The van der Waals surface area contributed by atoms with Gasteiger partial charge in [-0.05, 0) is 65.4 Å². The minimum Gasteiger partial charge on any atom is -0.309 e. The molecule has 0 unspecified atom stereocenters. The Hall–Kier alpha value is -7.08. The molecule has 13 rings (SSSR count). The molecule has 0 aliphatic heterocycles. The van der Waals surface area contributed by atoms with Crippen molar-refractivity contribution < 1.29 is 0 Å². The average molecular weight is 717 g/mol. The molecule has 5 heterocycles. The first kappa shape index (κ1) is 29.4. The van der Waals surface area contributed by atoms with Gasteiger partial charge in [0.25, 0.3) is 0 Å². The predicted octanol–water partition coefficient (Wildman–Crippen LogP) is 13.6. The maximum atomic E-state index is 5.26. The van der Waals surface area contributed by atoms with Gasteiger partial charge in [0.2, 0.25) is 0 Å². The van der Waals surface area contributed by atoms with Crippen molar-refractivity contribution in [2.24, 2.45) is 0 Å². The Balaban J connectivity index is 1.11. The second-order valence-electron chi connectivity index (χ2n) is 14.5. The Labute approximate surface area is 318 Å². The van der Waals surface area contributed by atoms with Gasteiger partial charge in [-0.2, -0.15) is 0 Å². The molecule has 5 aromatic heterocycles. The molecule has 4 nitrogen and oxygen atoms in total. The van der Waals surface area contributed by atoms with Gasteiger partial charge < -0.3 is 8.97 Å². The summed E-state index contributed by atoms with van der Waals surface area (Å²) in [4.78, 5) is 10.5. The standard InChI is InChI=1S/C50H28N4S/c1-2-13-30(14-3-1)46-49-47(36-18-8-11-21-42(36)55-49)52-50(51-46)31-22-25-32(26-23-31)53-40-27-24-29-12-4-5-15-33(29)43(40)45-41(53)28-37-34-16-6-9-19-38(34)54-39-20-10-7-17-35(39)44(45)48(37)54/h1-28H. The summed E-state index contributed by atoms with van der Waals surface area (Å²) in [6.45, 7) is 0. The zero-order valence-corrected chi connectivity index (χ0v) is 30.2. The number of benzene rings is 8. The molecule has 5 heteroatoms. The summed E-state index contributed by atoms with van der Waals surface area (Å²) >= 11 is 1.77. The van der Waals surface area contributed by atoms with E-state index < -0.39 is 0 Å². The molecular weight excluding hydrogens is 689 g/mol. The zero-order chi connectivity index (χ0) is 35.8. The summed E-state index contributed by atoms with van der Waals surface area (Å²) in [6.07, 6.45) is 0. The number of hydrogen-bond acceptors (Lipinski definition) is 3. The van der Waals surface area contributed by atoms with E-state index in [0.29, 0.717) is 0 Å². The molecule has 0 fully saturated rings. The van der Waals surface area contributed by atoms with Gasteiger partial charge in [0, 0.05) is 59.2 Å². The van der Waals surface area contributed by atoms with Crippen molar-refractivity contribution in [3.05, 3.63) is 170 Å². The molecule has 55 heavy (non-hydrogen) atoms. The van der Waals surface area contributed by atoms with E-state index in [9.17, 15) is 0 Å². The number of fused-ring (bicyclic) bond motifs is 15. The van der Waals surface area contributed by atoms with Crippen LogP contribution in [0.15, 0.2) is 170 Å². The molecule has 0 spiro atoms. The summed E-state index contributed by atoms with van der Waals surface area (Å²) in [6, 6.07) is 61.5. The van der Waals surface area contributed by atoms with Crippen molar-refractivity contribution in [3.63, 3.8) is 0 Å². The van der Waals surface area contributed by atoms with E-state index in [1.807, 2.05) is 0 Å². The third-order valence-electron chi connectivity index (χ3n) is 11.6. The summed E-state index contributed by atoms with van der Waals surface area (Å²) < 4.78 is 7.29. The highest BCUT2D eigenvalue weighted by atomic mass is 32.1. The van der Waals surface area contributed by atoms with Crippen LogP contribution in [0.1, 0.15) is 0 Å². The number of aromatic nitrogens is 4. The van der Waals surface area contributed by atoms with Crippen molar-refractivity contribution in [3.8, 4) is 28.3 Å². The molecule has 8 aromatic carbocycles. The summed E-state index contributed by atoms with van der Waals surface area (Å²) in [5, 5.41) is 11.4. The van der Waals surface area contributed by atoms with Gasteiger partial charge in [-0.1, -0.05) is 115 Å². The minimum absolute atomic E-state index is 0.731. The van der Waals surface area contributed by atoms with Crippen molar-refractivity contribution >= 4 is 102 Å². The van der Waals surface area contributed by atoms with Crippen molar-refractivity contribution in [2.75, 3.05) is 0 Å². The third kappa shape index (κ3) is 3.89. The lowest BCUT2D eigenvalue weighted by molar-refractivity contribution is 1.18. The van der Waals surface area contributed by atoms with Crippen LogP contribution in [0.25, 0.3) is 119 Å². The number of thiophene rings is 1. The SMILES string of the molecule is c1ccc(-c2nc(-c3ccc(-n4c5ccc6ccccc6c5c5c6c7ccccc7n7c8ccccc8c(cc54)c67)cc3)nc3c2sc2ccccc23)cc1. The van der Waals surface area contributed by atoms with Crippen LogP contribution in [0.2, 0.25) is 0 Å². The largest absolute Gasteiger partial charge is 0.309 e. The Morgan fingerprint density at radius 1 is 0.436 bits per heavy atom. The van der Waals surface area contributed by atoms with E-state index in [4.69, 9.17) is 9.97 Å². The quantitative estimate of drug-likeness (QED) is 0.182. The number of rotatable bonds is 3. The highest BCUT2D eigenvalue weighted by molar-refractivity contribution is 7.26. The maximum Gasteiger partial charge on any atom is 0.160 e. The van der Waals surface area contributed by atoms with Crippen LogP contribution < -0.4 is 0 Å². The number of nitrogens with zero attached hydrogens (tertiary/aromatic N) is 4. The van der Waals surface area contributed by atoms with E-state index in [-0.39, 0.29) is 0 Å². The minimum atomic E-state index is 0.731. The monoisotopic (exact) mass is 716 g/mol. The van der Waals surface area contributed by atoms with Gasteiger partial charge in [0.1, 0.15) is 0 Å². The molecular formula is C50H28N4S. The molecule has 0 N–H and O–H groups in total. The van der Waals surface area contributed by atoms with Gasteiger partial charge in [-0.15, -0.1) is 11.3 Å². The normalized spacial score (nSPS) is 12.4. The van der Waals surface area contributed by atoms with E-state index in [1.165, 1.54) is 80.8 Å². The Morgan fingerprint density at radius 2 is 1.13 bits per heavy atom. The van der Waals surface area contributed by atoms with Crippen LogP contribution in [0.5, 0.6) is 0 Å². The topological polar surface area (TPSA) is 35.1 Å². The molecule has 0 amide bonds. The molecule has 254 valence electrons. The number of para-hydroxylation sites is 2. The van der Waals surface area contributed by atoms with Gasteiger partial charge in [-0.25, -0.2) is 9.97 Å². The molecule has 0 radical (unpaired) electrons. The smallest absolute Gasteiger partial charge is 0.160 e.